The molecule has 16 N–H and O–H groups in total. The van der Waals surface area contributed by atoms with Gasteiger partial charge < -0.3 is 60.4 Å². The van der Waals surface area contributed by atoms with E-state index in [1.165, 1.54) is 11.8 Å². The van der Waals surface area contributed by atoms with Gasteiger partial charge in [0.1, 0.15) is 18.1 Å². The van der Waals surface area contributed by atoms with Crippen LogP contribution in [0.5, 0.6) is 0 Å². The Morgan fingerprint density at radius 3 is 1.95 bits per heavy atom. The number of amides is 4. The fraction of sp³-hybridized carbons (Fsp3) is 0.720. The molecule has 4 amide bonds. The Balaban J connectivity index is 2.40. The van der Waals surface area contributed by atoms with E-state index in [0.717, 1.165) is 0 Å². The van der Waals surface area contributed by atoms with Crippen molar-refractivity contribution >= 4 is 41.5 Å². The van der Waals surface area contributed by atoms with Gasteiger partial charge in [-0.25, -0.2) is 4.79 Å². The summed E-state index contributed by atoms with van der Waals surface area (Å²) in [6.45, 7) is 2.73. The summed E-state index contributed by atoms with van der Waals surface area (Å²) in [4.78, 5) is 70.6. The monoisotopic (exact) mass is 612 g/mol. The summed E-state index contributed by atoms with van der Waals surface area (Å²) in [6, 6.07) is -4.52. The van der Waals surface area contributed by atoms with Crippen molar-refractivity contribution in [3.63, 3.8) is 0 Å². The van der Waals surface area contributed by atoms with Gasteiger partial charge in [-0.15, -0.1) is 0 Å². The summed E-state index contributed by atoms with van der Waals surface area (Å²) in [6.07, 6.45) is 3.30. The van der Waals surface area contributed by atoms with Crippen LogP contribution < -0.4 is 50.4 Å². The number of nitrogens with one attached hydrogen (secondary N) is 3. The van der Waals surface area contributed by atoms with Crippen LogP contribution in [0.1, 0.15) is 58.3 Å². The number of likely N-dealkylation sites (tertiary alicyclic amines) is 1. The first-order chi connectivity index (χ1) is 20.2. The minimum atomic E-state index is -1.23. The molecule has 0 radical (unpaired) electrons. The third kappa shape index (κ3) is 14.0. The normalized spacial score (nSPS) is 16.8. The highest BCUT2D eigenvalue weighted by atomic mass is 16.4. The molecule has 43 heavy (non-hydrogen) atoms. The average molecular weight is 613 g/mol. The maximum absolute atomic E-state index is 12.8. The zero-order valence-corrected chi connectivity index (χ0v) is 24.7. The van der Waals surface area contributed by atoms with Crippen LogP contribution in [0.3, 0.4) is 0 Å². The fourth-order valence-corrected chi connectivity index (χ4v) is 4.18. The number of carboxylic acids is 1. The van der Waals surface area contributed by atoms with E-state index in [9.17, 15) is 29.1 Å². The van der Waals surface area contributed by atoms with Crippen LogP contribution in [0.2, 0.25) is 0 Å². The van der Waals surface area contributed by atoms with E-state index in [1.807, 2.05) is 0 Å². The number of aliphatic imine (C=N–C) groups is 2. The highest BCUT2D eigenvalue weighted by molar-refractivity contribution is 5.94. The molecule has 0 aromatic heterocycles. The van der Waals surface area contributed by atoms with Crippen molar-refractivity contribution in [3.05, 3.63) is 0 Å². The van der Waals surface area contributed by atoms with Gasteiger partial charge in [-0.3, -0.25) is 29.2 Å². The third-order valence-electron chi connectivity index (χ3n) is 6.78. The largest absolute Gasteiger partial charge is 0.480 e. The van der Waals surface area contributed by atoms with Gasteiger partial charge in [0, 0.05) is 26.2 Å². The van der Waals surface area contributed by atoms with Crippen LogP contribution in [-0.2, 0) is 24.0 Å². The lowest BCUT2D eigenvalue weighted by Gasteiger charge is -2.41. The summed E-state index contributed by atoms with van der Waals surface area (Å²) in [7, 11) is 0. The van der Waals surface area contributed by atoms with E-state index in [2.05, 4.69) is 25.9 Å². The maximum Gasteiger partial charge on any atom is 0.326 e. The molecule has 0 spiro atoms. The Hall–Kier alpha value is -4.19. The maximum atomic E-state index is 12.8. The Labute approximate surface area is 250 Å². The molecule has 1 saturated heterocycles. The van der Waals surface area contributed by atoms with Crippen molar-refractivity contribution < 1.29 is 29.1 Å². The number of guanidine groups is 2. The molecule has 5 atom stereocenters. The SMILES string of the molecule is C[C@H](NC(=O)[C@@H]1CCN1C(=O)[C@@H](N)CCCCNC(=O)[C@@H](N)CCCN=C(N)N)C(=O)N[C@@H](CCCN=C(N)N)C(=O)O. The van der Waals surface area contributed by atoms with Gasteiger partial charge in [0.25, 0.3) is 0 Å². The first-order valence-corrected chi connectivity index (χ1v) is 14.3. The van der Waals surface area contributed by atoms with Crippen molar-refractivity contribution in [2.45, 2.75) is 88.5 Å². The molecule has 1 aliphatic rings. The predicted octanol–water partition coefficient (Wildman–Crippen LogP) is -4.29. The smallest absolute Gasteiger partial charge is 0.326 e. The fourth-order valence-electron chi connectivity index (χ4n) is 4.18. The number of nitrogens with two attached hydrogens (primary N) is 6. The molecule has 0 aromatic carbocycles. The number of carbonyl (C=O) groups excluding carboxylic acids is 4. The van der Waals surface area contributed by atoms with E-state index in [-0.39, 0.29) is 36.7 Å². The second-order valence-corrected chi connectivity index (χ2v) is 10.4. The topological polar surface area (TPSA) is 326 Å². The standard InChI is InChI=1S/C25H48N12O6/c1-14(19(38)36-17(23(42)43)8-5-12-34-25(30)31)35-21(40)18-9-13-37(18)22(41)16(27)6-2-3-10-32-20(39)15(26)7-4-11-33-24(28)29/h14-18H,2-13,26-27H2,1H3,(H,32,39)(H,35,40)(H,36,38)(H,42,43)(H4,28,29,33)(H4,30,31,34)/t14-,15-,16-,17-,18-/m0/s1. The minimum absolute atomic E-state index is 0.0148. The van der Waals surface area contributed by atoms with E-state index >= 15 is 0 Å². The third-order valence-corrected chi connectivity index (χ3v) is 6.78. The van der Waals surface area contributed by atoms with Crippen LogP contribution >= 0.6 is 0 Å². The number of hydrogen-bond acceptors (Lipinski definition) is 9. The van der Waals surface area contributed by atoms with Crippen LogP contribution in [0, 0.1) is 0 Å². The summed E-state index contributed by atoms with van der Waals surface area (Å²) < 4.78 is 0. The molecule has 1 aliphatic heterocycles. The number of rotatable bonds is 20. The van der Waals surface area contributed by atoms with Crippen molar-refractivity contribution in [2.24, 2.45) is 44.4 Å². The molecular weight excluding hydrogens is 564 g/mol. The van der Waals surface area contributed by atoms with E-state index < -0.39 is 48.0 Å². The molecule has 1 rings (SSSR count). The summed E-state index contributed by atoms with van der Waals surface area (Å²) in [5.41, 5.74) is 32.9. The zero-order chi connectivity index (χ0) is 32.5. The molecule has 1 heterocycles. The second kappa shape index (κ2) is 19.1. The molecule has 0 aromatic rings. The average Bonchev–Trinajstić information content (AvgIpc) is 2.90. The van der Waals surface area contributed by atoms with Gasteiger partial charge in [0.15, 0.2) is 11.9 Å². The number of aliphatic carboxylic acids is 1. The molecule has 0 bridgehead atoms. The van der Waals surface area contributed by atoms with Crippen molar-refractivity contribution in [1.29, 1.82) is 0 Å². The van der Waals surface area contributed by atoms with Crippen LogP contribution in [-0.4, -0.2) is 108 Å². The number of nitrogens with zero attached hydrogens (tertiary/aromatic N) is 3. The summed E-state index contributed by atoms with van der Waals surface area (Å²) in [5.74, 6) is -3.26. The van der Waals surface area contributed by atoms with Gasteiger partial charge in [0.05, 0.1) is 12.1 Å². The quantitative estimate of drug-likeness (QED) is 0.0355. The Morgan fingerprint density at radius 1 is 0.837 bits per heavy atom. The van der Waals surface area contributed by atoms with E-state index in [4.69, 9.17) is 34.4 Å². The minimum Gasteiger partial charge on any atom is -0.480 e. The lowest BCUT2D eigenvalue weighted by Crippen LogP contribution is -2.63. The summed E-state index contributed by atoms with van der Waals surface area (Å²) >= 11 is 0. The molecular formula is C25H48N12O6. The molecule has 18 heteroatoms. The molecule has 0 saturated carbocycles. The number of unbranched alkanes of at least 4 members (excludes halogenated alkanes) is 1. The van der Waals surface area contributed by atoms with Gasteiger partial charge in [-0.2, -0.15) is 0 Å². The van der Waals surface area contributed by atoms with Crippen molar-refractivity contribution in [2.75, 3.05) is 26.2 Å². The van der Waals surface area contributed by atoms with E-state index in [1.54, 1.807) is 0 Å². The van der Waals surface area contributed by atoms with Crippen LogP contribution in [0.15, 0.2) is 9.98 Å². The number of carboxylic acid groups (broad SMARTS) is 1. The van der Waals surface area contributed by atoms with Gasteiger partial charge in [-0.05, 0) is 58.3 Å². The highest BCUT2D eigenvalue weighted by Crippen LogP contribution is 2.20. The van der Waals surface area contributed by atoms with Crippen LogP contribution in [0.4, 0.5) is 0 Å². The van der Waals surface area contributed by atoms with Gasteiger partial charge in [-0.1, -0.05) is 0 Å². The zero-order valence-electron chi connectivity index (χ0n) is 24.7. The molecule has 244 valence electrons. The highest BCUT2D eigenvalue weighted by Gasteiger charge is 2.40. The Morgan fingerprint density at radius 2 is 1.42 bits per heavy atom. The molecule has 0 unspecified atom stereocenters. The first kappa shape index (κ1) is 36.8. The van der Waals surface area contributed by atoms with Crippen LogP contribution in [0.25, 0.3) is 0 Å². The molecule has 0 aliphatic carbocycles. The van der Waals surface area contributed by atoms with E-state index in [0.29, 0.717) is 64.6 Å². The predicted molar refractivity (Wildman–Crippen MR) is 160 cm³/mol. The molecule has 1 fully saturated rings. The first-order valence-electron chi connectivity index (χ1n) is 14.3. The Kier molecular flexibility index (Phi) is 16.3. The lowest BCUT2D eigenvalue weighted by atomic mass is 9.98. The van der Waals surface area contributed by atoms with Crippen molar-refractivity contribution in [1.82, 2.24) is 20.9 Å². The van der Waals surface area contributed by atoms with Gasteiger partial charge in [0.2, 0.25) is 23.6 Å². The Bertz CT molecular complexity index is 1010. The molecule has 18 nitrogen and oxygen atoms in total. The summed E-state index contributed by atoms with van der Waals surface area (Å²) in [5, 5.41) is 17.1. The van der Waals surface area contributed by atoms with Crippen molar-refractivity contribution in [3.8, 4) is 0 Å². The lowest BCUT2D eigenvalue weighted by molar-refractivity contribution is -0.149. The van der Waals surface area contributed by atoms with Gasteiger partial charge >= 0.3 is 5.97 Å². The number of carbonyl (C=O) groups is 5. The second-order valence-electron chi connectivity index (χ2n) is 10.4. The number of hydrogen-bond donors (Lipinski definition) is 10.